The van der Waals surface area contributed by atoms with Crippen molar-refractivity contribution in [2.75, 3.05) is 0 Å². The second kappa shape index (κ2) is 5.80. The fourth-order valence-corrected chi connectivity index (χ4v) is 1.81. The Morgan fingerprint density at radius 3 is 2.38 bits per heavy atom. The summed E-state index contributed by atoms with van der Waals surface area (Å²) in [6, 6.07) is 6.15. The normalized spacial score (nSPS) is 10.2. The first-order valence-electron chi connectivity index (χ1n) is 5.92. The number of rotatable bonds is 4. The minimum Gasteiger partial charge on any atom is -0.437 e. The molecule has 0 atom stereocenters. The van der Waals surface area contributed by atoms with Crippen LogP contribution in [0.4, 0.5) is 0 Å². The van der Waals surface area contributed by atoms with E-state index in [2.05, 4.69) is 4.98 Å². The maximum atomic E-state index is 11.2. The zero-order valence-corrected chi connectivity index (χ0v) is 11.8. The van der Waals surface area contributed by atoms with E-state index >= 15 is 0 Å². The van der Waals surface area contributed by atoms with Crippen molar-refractivity contribution in [2.24, 2.45) is 11.5 Å². The lowest BCUT2D eigenvalue weighted by Crippen LogP contribution is -2.11. The summed E-state index contributed by atoms with van der Waals surface area (Å²) in [4.78, 5) is 26.1. The summed E-state index contributed by atoms with van der Waals surface area (Å²) in [7, 11) is 0. The number of nitrogens with zero attached hydrogens (tertiary/aromatic N) is 1. The van der Waals surface area contributed by atoms with Crippen LogP contribution in [0.1, 0.15) is 26.3 Å². The molecular formula is C14H12ClN3O3. The molecule has 0 aliphatic carbocycles. The molecule has 1 heterocycles. The smallest absolute Gasteiger partial charge is 0.250 e. The monoisotopic (exact) mass is 305 g/mol. The number of carbonyl (C=O) groups excluding carboxylic acids is 2. The van der Waals surface area contributed by atoms with Gasteiger partial charge in [-0.3, -0.25) is 9.59 Å². The molecule has 1 aromatic carbocycles. The van der Waals surface area contributed by atoms with E-state index in [1.807, 2.05) is 0 Å². The van der Waals surface area contributed by atoms with Gasteiger partial charge in [0.15, 0.2) is 0 Å². The molecule has 7 heteroatoms. The van der Waals surface area contributed by atoms with Gasteiger partial charge in [-0.2, -0.15) is 0 Å². The van der Waals surface area contributed by atoms with Gasteiger partial charge in [-0.05, 0) is 30.7 Å². The van der Waals surface area contributed by atoms with E-state index in [1.165, 1.54) is 18.3 Å². The van der Waals surface area contributed by atoms with Gasteiger partial charge in [-0.25, -0.2) is 4.98 Å². The number of primary amides is 2. The van der Waals surface area contributed by atoms with Crippen LogP contribution >= 0.6 is 11.6 Å². The Bertz CT molecular complexity index is 731. The Hall–Kier alpha value is -2.60. The molecule has 0 unspecified atom stereocenters. The summed E-state index contributed by atoms with van der Waals surface area (Å²) in [6.07, 6.45) is 1.26. The van der Waals surface area contributed by atoms with E-state index in [-0.39, 0.29) is 16.5 Å². The van der Waals surface area contributed by atoms with Crippen molar-refractivity contribution in [2.45, 2.75) is 6.92 Å². The summed E-state index contributed by atoms with van der Waals surface area (Å²) in [5.74, 6) is -0.704. The van der Waals surface area contributed by atoms with Crippen molar-refractivity contribution in [1.29, 1.82) is 0 Å². The number of carbonyl (C=O) groups is 2. The van der Waals surface area contributed by atoms with Crippen LogP contribution in [0.3, 0.4) is 0 Å². The standard InChI is InChI=1S/C14H12ClN3O3/c1-7-2-3-8(12(16)19)5-11(7)21-14-10(15)4-9(6-18-14)13(17)20/h2-6H,1H3,(H2,16,19)(H2,17,20). The highest BCUT2D eigenvalue weighted by atomic mass is 35.5. The zero-order valence-electron chi connectivity index (χ0n) is 11.1. The number of benzene rings is 1. The highest BCUT2D eigenvalue weighted by Crippen LogP contribution is 2.30. The maximum absolute atomic E-state index is 11.2. The van der Waals surface area contributed by atoms with Crippen molar-refractivity contribution in [1.82, 2.24) is 4.98 Å². The number of aryl methyl sites for hydroxylation is 1. The van der Waals surface area contributed by atoms with Crippen LogP contribution in [0.25, 0.3) is 0 Å². The topological polar surface area (TPSA) is 108 Å². The minimum absolute atomic E-state index is 0.103. The van der Waals surface area contributed by atoms with Crippen LogP contribution in [0.5, 0.6) is 11.6 Å². The highest BCUT2D eigenvalue weighted by molar-refractivity contribution is 6.32. The van der Waals surface area contributed by atoms with E-state index in [9.17, 15) is 9.59 Å². The molecule has 4 N–H and O–H groups in total. The maximum Gasteiger partial charge on any atom is 0.250 e. The number of amides is 2. The van der Waals surface area contributed by atoms with Crippen LogP contribution in [-0.2, 0) is 0 Å². The lowest BCUT2D eigenvalue weighted by Gasteiger charge is -2.10. The molecule has 2 amide bonds. The van der Waals surface area contributed by atoms with Gasteiger partial charge in [-0.1, -0.05) is 17.7 Å². The Kier molecular flexibility index (Phi) is 4.09. The van der Waals surface area contributed by atoms with Crippen molar-refractivity contribution < 1.29 is 14.3 Å². The summed E-state index contributed by atoms with van der Waals surface area (Å²) in [6.45, 7) is 1.80. The average molecular weight is 306 g/mol. The molecule has 0 radical (unpaired) electrons. The fourth-order valence-electron chi connectivity index (χ4n) is 1.60. The average Bonchev–Trinajstić information content (AvgIpc) is 2.42. The van der Waals surface area contributed by atoms with E-state index in [4.69, 9.17) is 27.8 Å². The van der Waals surface area contributed by atoms with Crippen molar-refractivity contribution in [3.05, 3.63) is 52.2 Å². The van der Waals surface area contributed by atoms with E-state index in [1.54, 1.807) is 19.1 Å². The number of hydrogen-bond acceptors (Lipinski definition) is 4. The van der Waals surface area contributed by atoms with Gasteiger partial charge in [0, 0.05) is 11.8 Å². The van der Waals surface area contributed by atoms with Crippen LogP contribution < -0.4 is 16.2 Å². The second-order valence-corrected chi connectivity index (χ2v) is 4.73. The largest absolute Gasteiger partial charge is 0.437 e. The quantitative estimate of drug-likeness (QED) is 0.900. The number of hydrogen-bond donors (Lipinski definition) is 2. The number of ether oxygens (including phenoxy) is 1. The van der Waals surface area contributed by atoms with E-state index < -0.39 is 11.8 Å². The van der Waals surface area contributed by atoms with Gasteiger partial charge in [0.2, 0.25) is 17.7 Å². The van der Waals surface area contributed by atoms with E-state index in [0.29, 0.717) is 11.3 Å². The second-order valence-electron chi connectivity index (χ2n) is 4.32. The number of aromatic nitrogens is 1. The molecule has 0 spiro atoms. The van der Waals surface area contributed by atoms with Crippen LogP contribution in [0, 0.1) is 6.92 Å². The fraction of sp³-hybridized carbons (Fsp3) is 0.0714. The molecule has 0 aliphatic heterocycles. The lowest BCUT2D eigenvalue weighted by atomic mass is 10.1. The predicted octanol–water partition coefficient (Wildman–Crippen LogP) is 2.03. The van der Waals surface area contributed by atoms with Gasteiger partial charge < -0.3 is 16.2 Å². The lowest BCUT2D eigenvalue weighted by molar-refractivity contribution is 0.0991. The third-order valence-electron chi connectivity index (χ3n) is 2.77. The first-order valence-corrected chi connectivity index (χ1v) is 6.30. The first kappa shape index (κ1) is 14.8. The Morgan fingerprint density at radius 2 is 1.81 bits per heavy atom. The third kappa shape index (κ3) is 3.29. The highest BCUT2D eigenvalue weighted by Gasteiger charge is 2.12. The third-order valence-corrected chi connectivity index (χ3v) is 3.04. The molecule has 0 bridgehead atoms. The zero-order chi connectivity index (χ0) is 15.6. The SMILES string of the molecule is Cc1ccc(C(N)=O)cc1Oc1ncc(C(N)=O)cc1Cl. The molecule has 2 aromatic rings. The van der Waals surface area contributed by atoms with Crippen LogP contribution in [0.2, 0.25) is 5.02 Å². The molecule has 21 heavy (non-hydrogen) atoms. The molecule has 2 rings (SSSR count). The minimum atomic E-state index is -0.636. The molecule has 6 nitrogen and oxygen atoms in total. The number of nitrogens with two attached hydrogens (primary N) is 2. The molecule has 108 valence electrons. The van der Waals surface area contributed by atoms with Gasteiger partial charge in [-0.15, -0.1) is 0 Å². The molecule has 1 aromatic heterocycles. The van der Waals surface area contributed by atoms with Crippen LogP contribution in [0.15, 0.2) is 30.5 Å². The summed E-state index contributed by atoms with van der Waals surface area (Å²) >= 11 is 5.99. The molecule has 0 saturated heterocycles. The van der Waals surface area contributed by atoms with Crippen molar-refractivity contribution in [3.8, 4) is 11.6 Å². The summed E-state index contributed by atoms with van der Waals surface area (Å²) in [5, 5.41) is 0.134. The molecule has 0 fully saturated rings. The van der Waals surface area contributed by atoms with Crippen LogP contribution in [-0.4, -0.2) is 16.8 Å². The van der Waals surface area contributed by atoms with Gasteiger partial charge in [0.25, 0.3) is 0 Å². The Labute approximate surface area is 125 Å². The Morgan fingerprint density at radius 1 is 1.14 bits per heavy atom. The van der Waals surface area contributed by atoms with E-state index in [0.717, 1.165) is 5.56 Å². The first-order chi connectivity index (χ1) is 9.88. The van der Waals surface area contributed by atoms with Gasteiger partial charge >= 0.3 is 0 Å². The van der Waals surface area contributed by atoms with Gasteiger partial charge in [0.05, 0.1) is 5.56 Å². The molecule has 0 aliphatic rings. The molecular weight excluding hydrogens is 294 g/mol. The molecule has 0 saturated carbocycles. The summed E-state index contributed by atoms with van der Waals surface area (Å²) in [5.41, 5.74) is 11.6. The Balaban J connectivity index is 2.36. The summed E-state index contributed by atoms with van der Waals surface area (Å²) < 4.78 is 5.56. The van der Waals surface area contributed by atoms with Crippen molar-refractivity contribution >= 4 is 23.4 Å². The van der Waals surface area contributed by atoms with Gasteiger partial charge in [0.1, 0.15) is 10.8 Å². The number of halogens is 1. The number of pyridine rings is 1. The van der Waals surface area contributed by atoms with Crippen molar-refractivity contribution in [3.63, 3.8) is 0 Å². The predicted molar refractivity (Wildman–Crippen MR) is 77.5 cm³/mol.